The topological polar surface area (TPSA) is 127 Å². The van der Waals surface area contributed by atoms with Gasteiger partial charge in [-0.2, -0.15) is 0 Å². The summed E-state index contributed by atoms with van der Waals surface area (Å²) in [4.78, 5) is 53.7. The van der Waals surface area contributed by atoms with Crippen LogP contribution in [0.5, 0.6) is 17.4 Å². The second kappa shape index (κ2) is 10.6. The molecular formula is C26H25ClN6O5. The Morgan fingerprint density at radius 2 is 1.79 bits per heavy atom. The van der Waals surface area contributed by atoms with Crippen molar-refractivity contribution in [2.75, 3.05) is 32.0 Å². The Hall–Kier alpha value is -4.25. The third-order valence-corrected chi connectivity index (χ3v) is 6.50. The highest BCUT2D eigenvalue weighted by Gasteiger charge is 2.31. The summed E-state index contributed by atoms with van der Waals surface area (Å²) >= 11 is 6.39. The molecule has 1 aromatic carbocycles. The van der Waals surface area contributed by atoms with Crippen LogP contribution in [0.3, 0.4) is 0 Å². The SMILES string of the molecule is Cc1cnc(NC(=O)c2cc(Oc3ncc(C(=O)N4CCC4)cc3Cl)cc(O[C@H]3CCN(C)C3=O)c2)cn1. The lowest BCUT2D eigenvalue weighted by Crippen LogP contribution is -2.42. The number of anilines is 1. The van der Waals surface area contributed by atoms with E-state index in [4.69, 9.17) is 21.1 Å². The van der Waals surface area contributed by atoms with Crippen LogP contribution < -0.4 is 14.8 Å². The Labute approximate surface area is 223 Å². The van der Waals surface area contributed by atoms with Gasteiger partial charge in [0.15, 0.2) is 11.9 Å². The minimum absolute atomic E-state index is 0.0522. The third kappa shape index (κ3) is 5.52. The normalized spacial score (nSPS) is 16.7. The van der Waals surface area contributed by atoms with E-state index in [1.807, 2.05) is 0 Å². The predicted molar refractivity (Wildman–Crippen MR) is 138 cm³/mol. The van der Waals surface area contributed by atoms with Crippen molar-refractivity contribution in [1.82, 2.24) is 24.8 Å². The summed E-state index contributed by atoms with van der Waals surface area (Å²) in [5, 5.41) is 2.82. The number of likely N-dealkylation sites (tertiary alicyclic amines) is 2. The lowest BCUT2D eigenvalue weighted by Gasteiger charge is -2.30. The van der Waals surface area contributed by atoms with Crippen LogP contribution >= 0.6 is 11.6 Å². The fraction of sp³-hybridized carbons (Fsp3) is 0.308. The van der Waals surface area contributed by atoms with Crippen molar-refractivity contribution in [3.63, 3.8) is 0 Å². The average Bonchev–Trinajstić information content (AvgIpc) is 3.17. The molecule has 0 bridgehead atoms. The Balaban J connectivity index is 1.41. The molecular weight excluding hydrogens is 512 g/mol. The molecule has 1 N–H and O–H groups in total. The average molecular weight is 537 g/mol. The number of rotatable bonds is 7. The molecule has 0 unspecified atom stereocenters. The molecule has 2 saturated heterocycles. The van der Waals surface area contributed by atoms with Crippen LogP contribution in [0.2, 0.25) is 5.02 Å². The van der Waals surface area contributed by atoms with Crippen molar-refractivity contribution in [3.8, 4) is 17.4 Å². The first-order valence-corrected chi connectivity index (χ1v) is 12.4. The van der Waals surface area contributed by atoms with Crippen molar-refractivity contribution < 1.29 is 23.9 Å². The summed E-state index contributed by atoms with van der Waals surface area (Å²) in [6.07, 6.45) is 5.20. The zero-order chi connectivity index (χ0) is 26.8. The van der Waals surface area contributed by atoms with E-state index in [0.29, 0.717) is 37.3 Å². The number of carbonyl (C=O) groups is 3. The molecule has 38 heavy (non-hydrogen) atoms. The first-order chi connectivity index (χ1) is 18.3. The first-order valence-electron chi connectivity index (χ1n) is 12.1. The van der Waals surface area contributed by atoms with Crippen LogP contribution in [0.15, 0.2) is 42.9 Å². The van der Waals surface area contributed by atoms with E-state index in [1.54, 1.807) is 29.8 Å². The molecule has 0 spiro atoms. The number of benzene rings is 1. The van der Waals surface area contributed by atoms with E-state index < -0.39 is 12.0 Å². The van der Waals surface area contributed by atoms with Gasteiger partial charge in [-0.1, -0.05) is 11.6 Å². The zero-order valence-corrected chi connectivity index (χ0v) is 21.6. The van der Waals surface area contributed by atoms with Crippen molar-refractivity contribution in [3.05, 3.63) is 64.7 Å². The molecule has 196 valence electrons. The molecule has 5 rings (SSSR count). The highest BCUT2D eigenvalue weighted by molar-refractivity contribution is 6.32. The number of nitrogens with one attached hydrogen (secondary N) is 1. The number of aromatic nitrogens is 3. The Kier molecular flexibility index (Phi) is 7.10. The number of hydrogen-bond donors (Lipinski definition) is 1. The number of ether oxygens (including phenoxy) is 2. The minimum Gasteiger partial charge on any atom is -0.480 e. The number of hydrogen-bond acceptors (Lipinski definition) is 8. The minimum atomic E-state index is -0.678. The largest absolute Gasteiger partial charge is 0.480 e. The van der Waals surface area contributed by atoms with E-state index in [9.17, 15) is 14.4 Å². The fourth-order valence-electron chi connectivity index (χ4n) is 3.97. The van der Waals surface area contributed by atoms with Gasteiger partial charge in [-0.25, -0.2) is 9.97 Å². The monoisotopic (exact) mass is 536 g/mol. The Morgan fingerprint density at radius 3 is 2.42 bits per heavy atom. The van der Waals surface area contributed by atoms with Crippen LogP contribution in [0.1, 0.15) is 39.3 Å². The Bertz CT molecular complexity index is 1400. The molecule has 2 fully saturated rings. The van der Waals surface area contributed by atoms with Crippen molar-refractivity contribution >= 4 is 35.1 Å². The molecule has 4 heterocycles. The van der Waals surface area contributed by atoms with Gasteiger partial charge in [0.2, 0.25) is 5.88 Å². The number of nitrogens with zero attached hydrogens (tertiary/aromatic N) is 5. The molecule has 1 atom stereocenters. The van der Waals surface area contributed by atoms with Crippen LogP contribution in [0, 0.1) is 6.92 Å². The number of aryl methyl sites for hydroxylation is 1. The number of likely N-dealkylation sites (N-methyl/N-ethyl adjacent to an activating group) is 1. The van der Waals surface area contributed by atoms with Gasteiger partial charge in [0, 0.05) is 50.9 Å². The molecule has 2 aromatic heterocycles. The summed E-state index contributed by atoms with van der Waals surface area (Å²) in [6, 6.07) is 6.05. The fourth-order valence-corrected chi connectivity index (χ4v) is 4.18. The predicted octanol–water partition coefficient (Wildman–Crippen LogP) is 3.33. The van der Waals surface area contributed by atoms with Crippen LogP contribution in [0.4, 0.5) is 5.82 Å². The van der Waals surface area contributed by atoms with Gasteiger partial charge in [0.1, 0.15) is 16.5 Å². The van der Waals surface area contributed by atoms with Gasteiger partial charge >= 0.3 is 0 Å². The van der Waals surface area contributed by atoms with Crippen LogP contribution in [0.25, 0.3) is 0 Å². The molecule has 3 aromatic rings. The van der Waals surface area contributed by atoms with E-state index in [2.05, 4.69) is 20.3 Å². The smallest absolute Gasteiger partial charge is 0.263 e. The summed E-state index contributed by atoms with van der Waals surface area (Å²) in [5.74, 6) is 0.0180. The highest BCUT2D eigenvalue weighted by atomic mass is 35.5. The summed E-state index contributed by atoms with van der Waals surface area (Å²) in [5.41, 5.74) is 1.27. The van der Waals surface area contributed by atoms with E-state index >= 15 is 0 Å². The lowest BCUT2D eigenvalue weighted by atomic mass is 10.1. The second-order valence-corrected chi connectivity index (χ2v) is 9.51. The van der Waals surface area contributed by atoms with Gasteiger partial charge in [-0.05, 0) is 31.5 Å². The molecule has 0 saturated carbocycles. The molecule has 0 aliphatic carbocycles. The van der Waals surface area contributed by atoms with Gasteiger partial charge in [0.25, 0.3) is 17.7 Å². The maximum atomic E-state index is 13.0. The second-order valence-electron chi connectivity index (χ2n) is 9.10. The van der Waals surface area contributed by atoms with Crippen molar-refractivity contribution in [1.29, 1.82) is 0 Å². The molecule has 2 aliphatic rings. The standard InChI is InChI=1S/C26H25ClN6O5/c1-15-12-29-22(14-28-15)31-23(34)16-8-18(37-21-4-7-32(2)26(21)36)11-19(9-16)38-24-20(27)10-17(13-30-24)25(35)33-5-3-6-33/h8-14,21H,3-7H2,1-2H3,(H,29,31,34)/t21-/m0/s1. The summed E-state index contributed by atoms with van der Waals surface area (Å²) in [7, 11) is 1.71. The summed E-state index contributed by atoms with van der Waals surface area (Å²) in [6.45, 7) is 3.78. The highest BCUT2D eigenvalue weighted by Crippen LogP contribution is 2.32. The number of amides is 3. The van der Waals surface area contributed by atoms with Crippen molar-refractivity contribution in [2.45, 2.75) is 25.9 Å². The van der Waals surface area contributed by atoms with E-state index in [0.717, 1.165) is 6.42 Å². The number of carbonyl (C=O) groups excluding carboxylic acids is 3. The zero-order valence-electron chi connectivity index (χ0n) is 20.8. The maximum Gasteiger partial charge on any atom is 0.263 e. The maximum absolute atomic E-state index is 13.0. The van der Waals surface area contributed by atoms with Crippen LogP contribution in [-0.4, -0.2) is 75.3 Å². The molecule has 2 aliphatic heterocycles. The first kappa shape index (κ1) is 25.4. The van der Waals surface area contributed by atoms with Gasteiger partial charge in [-0.3, -0.25) is 19.4 Å². The van der Waals surface area contributed by atoms with Gasteiger partial charge in [0.05, 0.1) is 23.7 Å². The molecule has 0 radical (unpaired) electrons. The molecule has 11 nitrogen and oxygen atoms in total. The Morgan fingerprint density at radius 1 is 1.00 bits per heavy atom. The third-order valence-electron chi connectivity index (χ3n) is 6.23. The van der Waals surface area contributed by atoms with Gasteiger partial charge < -0.3 is 24.6 Å². The quantitative estimate of drug-likeness (QED) is 0.487. The van der Waals surface area contributed by atoms with E-state index in [-0.39, 0.29) is 45.6 Å². The van der Waals surface area contributed by atoms with E-state index in [1.165, 1.54) is 36.8 Å². The van der Waals surface area contributed by atoms with Crippen LogP contribution in [-0.2, 0) is 4.79 Å². The molecule has 3 amide bonds. The lowest BCUT2D eigenvalue weighted by molar-refractivity contribution is -0.132. The molecule has 12 heteroatoms. The summed E-state index contributed by atoms with van der Waals surface area (Å²) < 4.78 is 11.8. The number of halogens is 1. The number of pyridine rings is 1. The van der Waals surface area contributed by atoms with Crippen molar-refractivity contribution in [2.24, 2.45) is 0 Å². The van der Waals surface area contributed by atoms with Gasteiger partial charge in [-0.15, -0.1) is 0 Å².